The zero-order valence-corrected chi connectivity index (χ0v) is 26.1. The maximum Gasteiger partial charge on any atom is 0.411 e. The number of rotatable bonds is 12. The molecule has 0 atom stereocenters. The molecule has 0 unspecified atom stereocenters. The summed E-state index contributed by atoms with van der Waals surface area (Å²) in [5.74, 6) is 0.118. The number of nitrogens with one attached hydrogen (secondary N) is 1. The first-order valence-corrected chi connectivity index (χ1v) is 16.7. The Bertz CT molecular complexity index is 1210. The smallest absolute Gasteiger partial charge is 0.411 e. The molecule has 0 fully saturated rings. The molecule has 9 nitrogen and oxygen atoms in total. The van der Waals surface area contributed by atoms with Crippen LogP contribution >= 0.6 is 22.4 Å². The van der Waals surface area contributed by atoms with Gasteiger partial charge in [0, 0.05) is 35.2 Å². The van der Waals surface area contributed by atoms with Crippen LogP contribution < -0.4 is 15.0 Å². The van der Waals surface area contributed by atoms with Gasteiger partial charge in [0.2, 0.25) is 0 Å². The van der Waals surface area contributed by atoms with Crippen LogP contribution in [0.5, 0.6) is 5.75 Å². The molecule has 1 aliphatic rings. The number of hydrogen-bond donors (Lipinski definition) is 3. The molecule has 3 N–H and O–H groups in total. The van der Waals surface area contributed by atoms with E-state index in [0.717, 1.165) is 49.1 Å². The number of fused-ring (bicyclic) bond motifs is 1. The third-order valence-corrected chi connectivity index (χ3v) is 10.0. The molecule has 0 aromatic heterocycles. The molecular formula is C30H42N2O7S2. The molecule has 3 rings (SSSR count). The van der Waals surface area contributed by atoms with Crippen molar-refractivity contribution in [2.75, 3.05) is 43.0 Å². The van der Waals surface area contributed by atoms with Crippen LogP contribution in [0.2, 0.25) is 0 Å². The summed E-state index contributed by atoms with van der Waals surface area (Å²) in [6.45, 7) is 4.91. The largest absolute Gasteiger partial charge is 0.466 e. The van der Waals surface area contributed by atoms with Gasteiger partial charge in [-0.3, -0.25) is 14.4 Å². The lowest BCUT2D eigenvalue weighted by atomic mass is 9.79. The van der Waals surface area contributed by atoms with Crippen LogP contribution in [0.15, 0.2) is 58.5 Å². The minimum Gasteiger partial charge on any atom is -0.466 e. The van der Waals surface area contributed by atoms with Crippen molar-refractivity contribution in [1.82, 2.24) is 0 Å². The van der Waals surface area contributed by atoms with Gasteiger partial charge < -0.3 is 19.1 Å². The lowest BCUT2D eigenvalue weighted by Crippen LogP contribution is -2.37. The molecule has 2 aromatic rings. The summed E-state index contributed by atoms with van der Waals surface area (Å²) in [4.78, 5) is 26.6. The fraction of sp³-hybridized carbons (Fsp3) is 0.467. The van der Waals surface area contributed by atoms with E-state index >= 15 is 0 Å². The van der Waals surface area contributed by atoms with Gasteiger partial charge in [-0.1, -0.05) is 39.5 Å². The number of methoxy groups -OCH3 is 2. The van der Waals surface area contributed by atoms with E-state index < -0.39 is 22.7 Å². The lowest BCUT2D eigenvalue weighted by Gasteiger charge is -2.42. The summed E-state index contributed by atoms with van der Waals surface area (Å²) < 4.78 is 38.8. The van der Waals surface area contributed by atoms with Crippen molar-refractivity contribution in [3.63, 3.8) is 0 Å². The maximum absolute atomic E-state index is 11.8. The Morgan fingerprint density at radius 2 is 1.73 bits per heavy atom. The molecule has 226 valence electrons. The Morgan fingerprint density at radius 3 is 2.29 bits per heavy atom. The molecular weight excluding hydrogens is 564 g/mol. The Morgan fingerprint density at radius 1 is 1.07 bits per heavy atom. The first-order chi connectivity index (χ1) is 19.6. The van der Waals surface area contributed by atoms with Crippen LogP contribution in [0.25, 0.3) is 0 Å². The second-order valence-electron chi connectivity index (χ2n) is 10.2. The van der Waals surface area contributed by atoms with Gasteiger partial charge in [0.05, 0.1) is 42.0 Å². The first-order valence-electron chi connectivity index (χ1n) is 13.7. The molecule has 0 spiro atoms. The Kier molecular flexibility index (Phi) is 11.8. The molecule has 0 saturated heterocycles. The molecule has 0 aliphatic carbocycles. The normalized spacial score (nSPS) is 16.4. The number of amides is 1. The van der Waals surface area contributed by atoms with Gasteiger partial charge in [-0.25, -0.2) is 9.59 Å². The number of ether oxygens (including phenoxy) is 3. The quantitative estimate of drug-likeness (QED) is 0.0949. The fourth-order valence-electron chi connectivity index (χ4n) is 5.11. The fourth-order valence-corrected chi connectivity index (χ4v) is 7.84. The zero-order chi connectivity index (χ0) is 30.0. The van der Waals surface area contributed by atoms with E-state index in [1.807, 2.05) is 24.5 Å². The second-order valence-corrected chi connectivity index (χ2v) is 13.1. The molecule has 0 bridgehead atoms. The molecule has 1 amide bonds. The van der Waals surface area contributed by atoms with Gasteiger partial charge >= 0.3 is 12.1 Å². The summed E-state index contributed by atoms with van der Waals surface area (Å²) >= 11 is 1.46. The van der Waals surface area contributed by atoms with E-state index in [9.17, 15) is 18.7 Å². The third-order valence-electron chi connectivity index (χ3n) is 7.22. The molecule has 1 aliphatic heterocycles. The molecule has 2 aromatic carbocycles. The van der Waals surface area contributed by atoms with Crippen molar-refractivity contribution < 1.29 is 32.9 Å². The Balaban J connectivity index is 2.18. The SMILES string of the molecule is CCCCC1(CCCC)CN(c2ccc(NC(=O)OC)cc2)c2cc(SC)c(O/C=C/C(=O)OC)cc2S(O)(O)C1. The number of carbonyl (C=O) groups is 2. The number of nitrogens with zero attached hydrogens (tertiary/aromatic N) is 1. The van der Waals surface area contributed by atoms with Crippen LogP contribution in [0, 0.1) is 5.41 Å². The van der Waals surface area contributed by atoms with Crippen molar-refractivity contribution in [3.05, 3.63) is 48.7 Å². The summed E-state index contributed by atoms with van der Waals surface area (Å²) in [7, 11) is -0.629. The molecule has 1 heterocycles. The van der Waals surface area contributed by atoms with Gasteiger partial charge in [-0.15, -0.1) is 11.8 Å². The van der Waals surface area contributed by atoms with E-state index in [0.29, 0.717) is 28.6 Å². The van der Waals surface area contributed by atoms with E-state index in [2.05, 4.69) is 28.8 Å². The van der Waals surface area contributed by atoms with Crippen molar-refractivity contribution in [1.29, 1.82) is 0 Å². The highest BCUT2D eigenvalue weighted by Gasteiger charge is 2.42. The van der Waals surface area contributed by atoms with E-state index in [4.69, 9.17) is 9.47 Å². The molecule has 11 heteroatoms. The number of hydrogen-bond acceptors (Lipinski definition) is 9. The number of unbranched alkanes of at least 4 members (excludes halogenated alkanes) is 2. The first kappa shape index (κ1) is 32.7. The molecule has 0 radical (unpaired) electrons. The van der Waals surface area contributed by atoms with Gasteiger partial charge in [-0.05, 0) is 49.4 Å². The van der Waals surface area contributed by atoms with Crippen LogP contribution in [-0.4, -0.2) is 53.9 Å². The van der Waals surface area contributed by atoms with Crippen molar-refractivity contribution >= 4 is 51.5 Å². The van der Waals surface area contributed by atoms with E-state index in [1.54, 1.807) is 18.2 Å². The zero-order valence-electron chi connectivity index (χ0n) is 24.5. The minimum atomic E-state index is -3.23. The second kappa shape index (κ2) is 14.9. The van der Waals surface area contributed by atoms with E-state index in [-0.39, 0.29) is 11.2 Å². The topological polar surface area (TPSA) is 118 Å². The summed E-state index contributed by atoms with van der Waals surface area (Å²) in [6, 6.07) is 11.1. The molecule has 41 heavy (non-hydrogen) atoms. The summed E-state index contributed by atoms with van der Waals surface area (Å²) in [5, 5.41) is 2.68. The number of benzene rings is 2. The van der Waals surface area contributed by atoms with Crippen LogP contribution in [0.3, 0.4) is 0 Å². The van der Waals surface area contributed by atoms with Crippen LogP contribution in [0.4, 0.5) is 21.9 Å². The minimum absolute atomic E-state index is 0.252. The average molecular weight is 607 g/mol. The van der Waals surface area contributed by atoms with Crippen molar-refractivity contribution in [2.24, 2.45) is 5.41 Å². The number of carbonyl (C=O) groups excluding carboxylic acids is 2. The number of esters is 1. The number of anilines is 3. The predicted octanol–water partition coefficient (Wildman–Crippen LogP) is 8.28. The van der Waals surface area contributed by atoms with Crippen LogP contribution in [0.1, 0.15) is 52.4 Å². The van der Waals surface area contributed by atoms with Gasteiger partial charge in [0.1, 0.15) is 5.75 Å². The Labute approximate surface area is 249 Å². The summed E-state index contributed by atoms with van der Waals surface area (Å²) in [6.07, 6.45) is 9.49. The van der Waals surface area contributed by atoms with E-state index in [1.165, 1.54) is 38.3 Å². The van der Waals surface area contributed by atoms with Gasteiger partial charge in [0.15, 0.2) is 0 Å². The molecule has 0 saturated carbocycles. The standard InChI is InChI=1S/C30H42N2O7S2/c1-6-8-15-30(16-9-7-2)20-32(23-12-10-22(11-13-23)31-29(34)38-4)24-18-26(40-5)25(39-17-14-28(33)37-3)19-27(24)41(35,36)21-30/h10-14,17-19,35-36H,6-9,15-16,20-21H2,1-5H3,(H,31,34)/b17-14+. The number of thioether (sulfide) groups is 1. The Hall–Kier alpha value is -2.86. The van der Waals surface area contributed by atoms with Crippen molar-refractivity contribution in [2.45, 2.75) is 62.2 Å². The average Bonchev–Trinajstić information content (AvgIpc) is 3.06. The maximum atomic E-state index is 11.8. The predicted molar refractivity (Wildman–Crippen MR) is 167 cm³/mol. The van der Waals surface area contributed by atoms with Crippen LogP contribution in [-0.2, 0) is 14.3 Å². The highest BCUT2D eigenvalue weighted by molar-refractivity contribution is 8.24. The highest BCUT2D eigenvalue weighted by Crippen LogP contribution is 2.62. The van der Waals surface area contributed by atoms with Gasteiger partial charge in [-0.2, -0.15) is 10.6 Å². The third kappa shape index (κ3) is 8.34. The summed E-state index contributed by atoms with van der Waals surface area (Å²) in [5.41, 5.74) is 1.82. The van der Waals surface area contributed by atoms with Crippen molar-refractivity contribution in [3.8, 4) is 5.75 Å². The van der Waals surface area contributed by atoms with Gasteiger partial charge in [0.25, 0.3) is 0 Å². The highest BCUT2D eigenvalue weighted by atomic mass is 32.3. The monoisotopic (exact) mass is 606 g/mol. The lowest BCUT2D eigenvalue weighted by molar-refractivity contribution is -0.134.